The van der Waals surface area contributed by atoms with Gasteiger partial charge < -0.3 is 4.52 Å². The number of nitrogens with zero attached hydrogens (tertiary/aromatic N) is 5. The molecule has 1 aromatic carbocycles. The van der Waals surface area contributed by atoms with E-state index in [0.29, 0.717) is 22.6 Å². The molecule has 7 nitrogen and oxygen atoms in total. The van der Waals surface area contributed by atoms with Gasteiger partial charge in [0, 0.05) is 0 Å². The maximum atomic E-state index is 12.3. The van der Waals surface area contributed by atoms with E-state index in [1.165, 1.54) is 12.7 Å². The summed E-state index contributed by atoms with van der Waals surface area (Å²) in [6.45, 7) is 0. The van der Waals surface area contributed by atoms with Crippen LogP contribution in [0.2, 0.25) is 0 Å². The lowest BCUT2D eigenvalue weighted by Gasteiger charge is -2.12. The first-order valence-electron chi connectivity index (χ1n) is 5.65. The van der Waals surface area contributed by atoms with Gasteiger partial charge in [-0.2, -0.15) is 0 Å². The van der Waals surface area contributed by atoms with E-state index < -0.39 is 6.04 Å². The van der Waals surface area contributed by atoms with Gasteiger partial charge in [0.25, 0.3) is 5.56 Å². The molecule has 0 spiro atoms. The molecule has 1 aromatic heterocycles. The van der Waals surface area contributed by atoms with Crippen molar-refractivity contribution in [3.63, 3.8) is 0 Å². The van der Waals surface area contributed by atoms with Crippen LogP contribution in [0.4, 0.5) is 0 Å². The first-order valence-corrected chi connectivity index (χ1v) is 5.65. The van der Waals surface area contributed by atoms with Gasteiger partial charge in [0.15, 0.2) is 23.3 Å². The monoisotopic (exact) mass is 253 g/mol. The quantitative estimate of drug-likeness (QED) is 0.691. The second kappa shape index (κ2) is 3.58. The van der Waals surface area contributed by atoms with E-state index in [-0.39, 0.29) is 5.56 Å². The van der Waals surface area contributed by atoms with Crippen LogP contribution in [-0.4, -0.2) is 35.1 Å². The zero-order chi connectivity index (χ0) is 12.8. The molecule has 2 aliphatic heterocycles. The standard InChI is InChI=1S/C12H7N5O2/c18-12-7-3-1-2-4-8(7)19-17(12)11-9-10(14-5-13-9)15-6-16-11/h1-6,9H. The molecule has 0 bridgehead atoms. The highest BCUT2D eigenvalue weighted by atomic mass is 16.5. The highest BCUT2D eigenvalue weighted by Crippen LogP contribution is 2.14. The highest BCUT2D eigenvalue weighted by Gasteiger charge is 2.30. The molecule has 0 aliphatic carbocycles. The first-order chi connectivity index (χ1) is 9.34. The summed E-state index contributed by atoms with van der Waals surface area (Å²) in [4.78, 5) is 28.5. The van der Waals surface area contributed by atoms with Crippen LogP contribution in [0.5, 0.6) is 0 Å². The number of hydrogen-bond acceptors (Lipinski definition) is 6. The van der Waals surface area contributed by atoms with Crippen molar-refractivity contribution in [1.29, 1.82) is 0 Å². The second-order valence-electron chi connectivity index (χ2n) is 4.07. The van der Waals surface area contributed by atoms with Gasteiger partial charge in [0.05, 0.1) is 5.39 Å². The minimum Gasteiger partial charge on any atom is -0.369 e. The average molecular weight is 253 g/mol. The van der Waals surface area contributed by atoms with E-state index in [9.17, 15) is 4.79 Å². The molecule has 92 valence electrons. The van der Waals surface area contributed by atoms with Gasteiger partial charge in [-0.1, -0.05) is 12.1 Å². The largest absolute Gasteiger partial charge is 0.369 e. The van der Waals surface area contributed by atoms with Crippen LogP contribution in [0.3, 0.4) is 0 Å². The topological polar surface area (TPSA) is 84.6 Å². The van der Waals surface area contributed by atoms with Gasteiger partial charge in [-0.25, -0.2) is 15.0 Å². The summed E-state index contributed by atoms with van der Waals surface area (Å²) < 4.78 is 6.68. The van der Waals surface area contributed by atoms with Crippen molar-refractivity contribution in [3.8, 4) is 0 Å². The lowest BCUT2D eigenvalue weighted by Crippen LogP contribution is -2.37. The summed E-state index contributed by atoms with van der Waals surface area (Å²) in [5, 5.41) is 0.508. The predicted octanol–water partition coefficient (Wildman–Crippen LogP) is 0.692. The number of para-hydroxylation sites is 1. The number of amidine groups is 1. The number of benzene rings is 1. The van der Waals surface area contributed by atoms with Crippen molar-refractivity contribution >= 4 is 35.3 Å². The Balaban J connectivity index is 1.96. The predicted molar refractivity (Wildman–Crippen MR) is 71.5 cm³/mol. The first kappa shape index (κ1) is 10.1. The number of aromatic nitrogens is 1. The fourth-order valence-corrected chi connectivity index (χ4v) is 2.09. The zero-order valence-electron chi connectivity index (χ0n) is 9.59. The lowest BCUT2D eigenvalue weighted by atomic mass is 10.2. The summed E-state index contributed by atoms with van der Waals surface area (Å²) >= 11 is 0. The number of aliphatic imine (C=N–C) groups is 4. The molecule has 0 amide bonds. The van der Waals surface area contributed by atoms with Gasteiger partial charge >= 0.3 is 0 Å². The van der Waals surface area contributed by atoms with Crippen molar-refractivity contribution in [3.05, 3.63) is 34.6 Å². The smallest absolute Gasteiger partial charge is 0.296 e. The molecule has 3 heterocycles. The Morgan fingerprint density at radius 1 is 1.16 bits per heavy atom. The molecule has 0 N–H and O–H groups in total. The minimum absolute atomic E-state index is 0.258. The molecule has 0 saturated heterocycles. The number of rotatable bonds is 0. The Labute approximate surface area is 106 Å². The van der Waals surface area contributed by atoms with Crippen molar-refractivity contribution in [1.82, 2.24) is 4.74 Å². The molecule has 0 fully saturated rings. The van der Waals surface area contributed by atoms with Crippen LogP contribution in [0, 0.1) is 0 Å². The Bertz CT molecular complexity index is 852. The molecular formula is C12H7N5O2. The molecule has 7 heteroatoms. The molecule has 1 unspecified atom stereocenters. The summed E-state index contributed by atoms with van der Waals surface area (Å²) in [5.74, 6) is 0.890. The maximum absolute atomic E-state index is 12.3. The Hall–Kier alpha value is -2.83. The summed E-state index contributed by atoms with van der Waals surface area (Å²) in [5.41, 5.74) is 0.254. The molecule has 2 aliphatic rings. The Morgan fingerprint density at radius 3 is 2.95 bits per heavy atom. The molecular weight excluding hydrogens is 246 g/mol. The molecule has 4 rings (SSSR count). The third kappa shape index (κ3) is 1.35. The van der Waals surface area contributed by atoms with Crippen LogP contribution < -0.4 is 5.56 Å². The van der Waals surface area contributed by atoms with Gasteiger partial charge in [0.1, 0.15) is 12.7 Å². The molecule has 2 aromatic rings. The maximum Gasteiger partial charge on any atom is 0.296 e. The Kier molecular flexibility index (Phi) is 1.91. The van der Waals surface area contributed by atoms with E-state index in [4.69, 9.17) is 4.52 Å². The minimum atomic E-state index is -0.469. The summed E-state index contributed by atoms with van der Waals surface area (Å²) in [7, 11) is 0. The molecule has 0 radical (unpaired) electrons. The molecule has 19 heavy (non-hydrogen) atoms. The SMILES string of the molecule is O=c1c2ccccc2on1C1=NC=NC2=NC=NC21. The normalized spacial score (nSPS) is 20.5. The lowest BCUT2D eigenvalue weighted by molar-refractivity contribution is 0.384. The number of fused-ring (bicyclic) bond motifs is 2. The zero-order valence-corrected chi connectivity index (χ0v) is 9.59. The average Bonchev–Trinajstić information content (AvgIpc) is 3.04. The second-order valence-corrected chi connectivity index (χ2v) is 4.07. The summed E-state index contributed by atoms with van der Waals surface area (Å²) in [6, 6.07) is 6.57. The van der Waals surface area contributed by atoms with E-state index >= 15 is 0 Å². The third-order valence-electron chi connectivity index (χ3n) is 2.97. The van der Waals surface area contributed by atoms with Gasteiger partial charge in [-0.05, 0) is 12.1 Å². The van der Waals surface area contributed by atoms with E-state index in [2.05, 4.69) is 20.0 Å². The summed E-state index contributed by atoms with van der Waals surface area (Å²) in [6.07, 6.45) is 2.75. The Morgan fingerprint density at radius 2 is 2.05 bits per heavy atom. The van der Waals surface area contributed by atoms with Crippen LogP contribution in [0.1, 0.15) is 0 Å². The highest BCUT2D eigenvalue weighted by molar-refractivity contribution is 6.20. The van der Waals surface area contributed by atoms with Crippen molar-refractivity contribution in [2.24, 2.45) is 20.0 Å². The van der Waals surface area contributed by atoms with Crippen molar-refractivity contribution in [2.75, 3.05) is 0 Å². The van der Waals surface area contributed by atoms with Crippen LogP contribution in [-0.2, 0) is 0 Å². The van der Waals surface area contributed by atoms with Crippen LogP contribution in [0.15, 0.2) is 53.6 Å². The third-order valence-corrected chi connectivity index (χ3v) is 2.97. The van der Waals surface area contributed by atoms with Gasteiger partial charge in [0.2, 0.25) is 0 Å². The van der Waals surface area contributed by atoms with Crippen molar-refractivity contribution in [2.45, 2.75) is 6.04 Å². The van der Waals surface area contributed by atoms with E-state index in [0.717, 1.165) is 4.74 Å². The van der Waals surface area contributed by atoms with E-state index in [1.54, 1.807) is 24.3 Å². The fourth-order valence-electron chi connectivity index (χ4n) is 2.09. The van der Waals surface area contributed by atoms with E-state index in [1.807, 2.05) is 0 Å². The van der Waals surface area contributed by atoms with Crippen LogP contribution in [0.25, 0.3) is 11.0 Å². The van der Waals surface area contributed by atoms with Gasteiger partial charge in [-0.15, -0.1) is 4.74 Å². The number of hydrogen-bond donors (Lipinski definition) is 0. The van der Waals surface area contributed by atoms with Crippen LogP contribution >= 0.6 is 0 Å². The molecule has 1 atom stereocenters. The molecule has 0 saturated carbocycles. The van der Waals surface area contributed by atoms with Crippen molar-refractivity contribution < 1.29 is 4.52 Å². The van der Waals surface area contributed by atoms with Gasteiger partial charge in [-0.3, -0.25) is 9.79 Å². The fraction of sp³-hybridized carbons (Fsp3) is 0.0833.